The second-order valence-corrected chi connectivity index (χ2v) is 7.84. The fraction of sp³-hybridized carbons (Fsp3) is 0.381. The monoisotopic (exact) mass is 515 g/mol. The lowest BCUT2D eigenvalue weighted by atomic mass is 10.1. The number of methoxy groups -OCH3 is 1. The molecular weight excluding hydrogens is 485 g/mol. The van der Waals surface area contributed by atoms with E-state index in [1.165, 1.54) is 11.1 Å². The van der Waals surface area contributed by atoms with Gasteiger partial charge in [-0.05, 0) is 30.5 Å². The molecule has 0 saturated carbocycles. The van der Waals surface area contributed by atoms with Crippen molar-refractivity contribution in [1.29, 1.82) is 0 Å². The molecule has 154 valence electrons. The minimum Gasteiger partial charge on any atom is -0.496 e. The average molecular weight is 515 g/mol. The Morgan fingerprint density at radius 1 is 1.11 bits per heavy atom. The minimum absolute atomic E-state index is 0. The SMILES string of the molecule is CN=C(NCCc1cc(C)ccc1OC)NCCS(=O)Cc1ccccc1.I. The fourth-order valence-corrected chi connectivity index (χ4v) is 3.79. The number of halogens is 1. The van der Waals surface area contributed by atoms with Crippen molar-refractivity contribution in [1.82, 2.24) is 10.6 Å². The van der Waals surface area contributed by atoms with Gasteiger partial charge in [0.15, 0.2) is 5.96 Å². The van der Waals surface area contributed by atoms with Gasteiger partial charge in [0.05, 0.1) is 7.11 Å². The van der Waals surface area contributed by atoms with Crippen LogP contribution in [0.1, 0.15) is 16.7 Å². The van der Waals surface area contributed by atoms with Crippen molar-refractivity contribution in [2.45, 2.75) is 19.1 Å². The van der Waals surface area contributed by atoms with Crippen LogP contribution in [0, 0.1) is 6.92 Å². The summed E-state index contributed by atoms with van der Waals surface area (Å²) >= 11 is 0. The Morgan fingerprint density at radius 3 is 2.50 bits per heavy atom. The van der Waals surface area contributed by atoms with Gasteiger partial charge in [0, 0.05) is 42.4 Å². The topological polar surface area (TPSA) is 62.7 Å². The molecule has 0 amide bonds. The second kappa shape index (κ2) is 13.5. The lowest BCUT2D eigenvalue weighted by molar-refractivity contribution is 0.409. The number of ether oxygens (including phenoxy) is 1. The van der Waals surface area contributed by atoms with Crippen molar-refractivity contribution in [3.8, 4) is 5.75 Å². The van der Waals surface area contributed by atoms with E-state index in [1.807, 2.05) is 42.5 Å². The molecule has 0 saturated heterocycles. The minimum atomic E-state index is -0.894. The quantitative estimate of drug-likeness (QED) is 0.306. The van der Waals surface area contributed by atoms with Crippen LogP contribution in [0.2, 0.25) is 0 Å². The van der Waals surface area contributed by atoms with Gasteiger partial charge >= 0.3 is 0 Å². The largest absolute Gasteiger partial charge is 0.496 e. The fourth-order valence-electron chi connectivity index (χ4n) is 2.75. The molecular formula is C21H30IN3O2S. The molecule has 2 rings (SSSR count). The molecule has 0 heterocycles. The third kappa shape index (κ3) is 8.60. The summed E-state index contributed by atoms with van der Waals surface area (Å²) in [4.78, 5) is 4.22. The molecule has 7 heteroatoms. The third-order valence-electron chi connectivity index (χ3n) is 4.14. The molecule has 0 radical (unpaired) electrons. The first-order valence-corrected chi connectivity index (χ1v) is 10.6. The Kier molecular flexibility index (Phi) is 11.8. The highest BCUT2D eigenvalue weighted by atomic mass is 127. The van der Waals surface area contributed by atoms with Gasteiger partial charge in [-0.3, -0.25) is 9.20 Å². The van der Waals surface area contributed by atoms with Crippen molar-refractivity contribution in [3.05, 3.63) is 65.2 Å². The standard InChI is InChI=1S/C21H29N3O2S.HI/c1-17-9-10-20(26-3)19(15-17)11-12-23-21(22-2)24-13-14-27(25)16-18-7-5-4-6-8-18;/h4-10,15H,11-14,16H2,1-3H3,(H2,22,23,24);1H. The Balaban J connectivity index is 0.00000392. The molecule has 0 aliphatic carbocycles. The first-order valence-electron chi connectivity index (χ1n) is 9.09. The number of hydrogen-bond acceptors (Lipinski definition) is 3. The number of guanidine groups is 1. The zero-order valence-electron chi connectivity index (χ0n) is 16.7. The number of aryl methyl sites for hydroxylation is 1. The zero-order chi connectivity index (χ0) is 19.5. The van der Waals surface area contributed by atoms with Crippen LogP contribution >= 0.6 is 24.0 Å². The molecule has 2 N–H and O–H groups in total. The van der Waals surface area contributed by atoms with Crippen LogP contribution in [-0.2, 0) is 23.0 Å². The van der Waals surface area contributed by atoms with E-state index >= 15 is 0 Å². The summed E-state index contributed by atoms with van der Waals surface area (Å²) < 4.78 is 17.6. The van der Waals surface area contributed by atoms with Crippen molar-refractivity contribution >= 4 is 40.7 Å². The highest BCUT2D eigenvalue weighted by Crippen LogP contribution is 2.19. The Bertz CT molecular complexity index is 770. The Labute approximate surface area is 187 Å². The van der Waals surface area contributed by atoms with E-state index in [4.69, 9.17) is 4.74 Å². The normalized spacial score (nSPS) is 12.0. The van der Waals surface area contributed by atoms with E-state index in [1.54, 1.807) is 14.2 Å². The molecule has 0 aliphatic rings. The summed E-state index contributed by atoms with van der Waals surface area (Å²) in [6.45, 7) is 3.44. The van der Waals surface area contributed by atoms with E-state index in [-0.39, 0.29) is 24.0 Å². The third-order valence-corrected chi connectivity index (χ3v) is 5.45. The molecule has 0 fully saturated rings. The second-order valence-electron chi connectivity index (χ2n) is 6.26. The summed E-state index contributed by atoms with van der Waals surface area (Å²) in [6, 6.07) is 16.1. The predicted molar refractivity (Wildman–Crippen MR) is 129 cm³/mol. The van der Waals surface area contributed by atoms with Gasteiger partial charge in [0.25, 0.3) is 0 Å². The van der Waals surface area contributed by atoms with Gasteiger partial charge in [0.2, 0.25) is 0 Å². The lowest BCUT2D eigenvalue weighted by Gasteiger charge is -2.13. The van der Waals surface area contributed by atoms with Crippen LogP contribution in [0.3, 0.4) is 0 Å². The van der Waals surface area contributed by atoms with E-state index in [9.17, 15) is 4.21 Å². The maximum atomic E-state index is 12.2. The summed E-state index contributed by atoms with van der Waals surface area (Å²) in [5.74, 6) is 2.79. The van der Waals surface area contributed by atoms with Crippen LogP contribution in [0.4, 0.5) is 0 Å². The first kappa shape index (κ1) is 24.4. The molecule has 0 spiro atoms. The summed E-state index contributed by atoms with van der Waals surface area (Å²) in [7, 11) is 2.54. The van der Waals surface area contributed by atoms with Crippen LogP contribution < -0.4 is 15.4 Å². The van der Waals surface area contributed by atoms with Gasteiger partial charge in [0.1, 0.15) is 5.75 Å². The van der Waals surface area contributed by atoms with E-state index in [2.05, 4.69) is 28.6 Å². The van der Waals surface area contributed by atoms with Crippen LogP contribution in [0.25, 0.3) is 0 Å². The molecule has 0 bridgehead atoms. The highest BCUT2D eigenvalue weighted by molar-refractivity contribution is 14.0. The number of aliphatic imine (C=N–C) groups is 1. The Hall–Kier alpha value is -1.61. The lowest BCUT2D eigenvalue weighted by Crippen LogP contribution is -2.40. The average Bonchev–Trinajstić information content (AvgIpc) is 2.67. The van der Waals surface area contributed by atoms with Crippen molar-refractivity contribution in [2.24, 2.45) is 4.99 Å². The summed E-state index contributed by atoms with van der Waals surface area (Å²) in [5.41, 5.74) is 3.49. The van der Waals surface area contributed by atoms with Crippen molar-refractivity contribution < 1.29 is 8.95 Å². The van der Waals surface area contributed by atoms with Gasteiger partial charge < -0.3 is 15.4 Å². The number of benzene rings is 2. The molecule has 1 unspecified atom stereocenters. The van der Waals surface area contributed by atoms with Gasteiger partial charge in [-0.25, -0.2) is 0 Å². The molecule has 28 heavy (non-hydrogen) atoms. The zero-order valence-corrected chi connectivity index (χ0v) is 19.9. The van der Waals surface area contributed by atoms with Crippen LogP contribution in [-0.4, -0.2) is 43.2 Å². The van der Waals surface area contributed by atoms with Crippen LogP contribution in [0.5, 0.6) is 5.75 Å². The number of nitrogens with zero attached hydrogens (tertiary/aromatic N) is 1. The van der Waals surface area contributed by atoms with Gasteiger partial charge in [-0.2, -0.15) is 0 Å². The van der Waals surface area contributed by atoms with Gasteiger partial charge in [-0.15, -0.1) is 24.0 Å². The van der Waals surface area contributed by atoms with E-state index < -0.39 is 10.8 Å². The first-order chi connectivity index (χ1) is 13.1. The van der Waals surface area contributed by atoms with E-state index in [0.717, 1.165) is 30.2 Å². The molecule has 0 aliphatic heterocycles. The number of nitrogens with one attached hydrogen (secondary N) is 2. The predicted octanol–water partition coefficient (Wildman–Crippen LogP) is 3.28. The molecule has 1 atom stereocenters. The number of hydrogen-bond donors (Lipinski definition) is 2. The van der Waals surface area contributed by atoms with E-state index in [0.29, 0.717) is 18.1 Å². The maximum Gasteiger partial charge on any atom is 0.191 e. The smallest absolute Gasteiger partial charge is 0.191 e. The summed E-state index contributed by atoms with van der Waals surface area (Å²) in [5, 5.41) is 6.52. The Morgan fingerprint density at radius 2 is 1.82 bits per heavy atom. The van der Waals surface area contributed by atoms with Crippen molar-refractivity contribution in [2.75, 3.05) is 33.0 Å². The molecule has 2 aromatic rings. The van der Waals surface area contributed by atoms with Gasteiger partial charge in [-0.1, -0.05) is 48.0 Å². The number of rotatable bonds is 9. The van der Waals surface area contributed by atoms with Crippen molar-refractivity contribution in [3.63, 3.8) is 0 Å². The summed E-state index contributed by atoms with van der Waals surface area (Å²) in [6.07, 6.45) is 0.839. The molecule has 5 nitrogen and oxygen atoms in total. The maximum absolute atomic E-state index is 12.2. The molecule has 0 aromatic heterocycles. The highest BCUT2D eigenvalue weighted by Gasteiger charge is 2.05. The molecule has 2 aromatic carbocycles. The van der Waals surface area contributed by atoms with Crippen LogP contribution in [0.15, 0.2) is 53.5 Å².